The standard InChI is InChI=1S/C28H34N2O6/c1-21(2)27(31)35-19-7-5-17-33-25-13-9-23(10-14-25)29-30-24-11-15-26(16-12-24)34-18-6-8-20-36-28(32)22(3)4/h9-16H,1,3,5-8,17-20H2,2,4H3. The third-order valence-corrected chi connectivity index (χ3v) is 4.73. The molecule has 0 fully saturated rings. The van der Waals surface area contributed by atoms with E-state index in [0.717, 1.165) is 37.2 Å². The molecule has 0 aliphatic rings. The predicted octanol–water partition coefficient (Wildman–Crippen LogP) is 6.66. The van der Waals surface area contributed by atoms with Crippen LogP contribution in [0.25, 0.3) is 0 Å². The molecule has 0 atom stereocenters. The Morgan fingerprint density at radius 3 is 1.28 bits per heavy atom. The molecule has 0 aromatic heterocycles. The van der Waals surface area contributed by atoms with E-state index in [-0.39, 0.29) is 11.9 Å². The molecule has 0 aliphatic carbocycles. The van der Waals surface area contributed by atoms with Crippen LogP contribution in [0, 0.1) is 0 Å². The van der Waals surface area contributed by atoms with Crippen molar-refractivity contribution in [2.24, 2.45) is 10.2 Å². The van der Waals surface area contributed by atoms with Gasteiger partial charge in [-0.15, -0.1) is 0 Å². The van der Waals surface area contributed by atoms with Crippen LogP contribution in [-0.2, 0) is 19.1 Å². The molecule has 2 rings (SSSR count). The van der Waals surface area contributed by atoms with Crippen molar-refractivity contribution in [3.05, 3.63) is 72.8 Å². The first-order valence-corrected chi connectivity index (χ1v) is 11.9. The predicted molar refractivity (Wildman–Crippen MR) is 138 cm³/mol. The van der Waals surface area contributed by atoms with Crippen LogP contribution in [-0.4, -0.2) is 38.4 Å². The molecule has 0 heterocycles. The maximum atomic E-state index is 11.3. The summed E-state index contributed by atoms with van der Waals surface area (Å²) in [6, 6.07) is 14.7. The zero-order chi connectivity index (χ0) is 26.2. The molecule has 2 aromatic rings. The summed E-state index contributed by atoms with van der Waals surface area (Å²) in [5, 5.41) is 8.49. The molecule has 0 amide bonds. The van der Waals surface area contributed by atoms with E-state index in [2.05, 4.69) is 23.4 Å². The first-order chi connectivity index (χ1) is 17.3. The molecular formula is C28H34N2O6. The van der Waals surface area contributed by atoms with Gasteiger partial charge in [0.1, 0.15) is 11.5 Å². The number of rotatable bonds is 16. The van der Waals surface area contributed by atoms with Gasteiger partial charge in [0.05, 0.1) is 37.8 Å². The van der Waals surface area contributed by atoms with E-state index in [9.17, 15) is 9.59 Å². The summed E-state index contributed by atoms with van der Waals surface area (Å²) in [5.74, 6) is 0.751. The highest BCUT2D eigenvalue weighted by atomic mass is 16.5. The van der Waals surface area contributed by atoms with Crippen LogP contribution in [0.15, 0.2) is 83.1 Å². The fraction of sp³-hybridized carbons (Fsp3) is 0.357. The van der Waals surface area contributed by atoms with Gasteiger partial charge < -0.3 is 18.9 Å². The van der Waals surface area contributed by atoms with Crippen molar-refractivity contribution in [3.8, 4) is 11.5 Å². The Morgan fingerprint density at radius 1 is 0.611 bits per heavy atom. The van der Waals surface area contributed by atoms with Gasteiger partial charge in [-0.1, -0.05) is 13.2 Å². The van der Waals surface area contributed by atoms with E-state index in [1.807, 2.05) is 48.5 Å². The molecular weight excluding hydrogens is 460 g/mol. The van der Waals surface area contributed by atoms with Crippen molar-refractivity contribution in [1.29, 1.82) is 0 Å². The number of esters is 2. The van der Waals surface area contributed by atoms with Gasteiger partial charge >= 0.3 is 11.9 Å². The number of carbonyl (C=O) groups is 2. The van der Waals surface area contributed by atoms with E-state index in [0.29, 0.717) is 48.9 Å². The molecule has 2 aromatic carbocycles. The van der Waals surface area contributed by atoms with Gasteiger partial charge in [-0.2, -0.15) is 10.2 Å². The Labute approximate surface area is 212 Å². The number of unbranched alkanes of at least 4 members (excludes halogenated alkanes) is 2. The lowest BCUT2D eigenvalue weighted by Gasteiger charge is -2.07. The second-order valence-electron chi connectivity index (χ2n) is 8.13. The molecule has 0 saturated carbocycles. The van der Waals surface area contributed by atoms with Crippen LogP contribution in [0.1, 0.15) is 39.5 Å². The summed E-state index contributed by atoms with van der Waals surface area (Å²) in [6.45, 7) is 12.1. The quantitative estimate of drug-likeness (QED) is 0.112. The van der Waals surface area contributed by atoms with Crippen LogP contribution in [0.5, 0.6) is 11.5 Å². The summed E-state index contributed by atoms with van der Waals surface area (Å²) in [6.07, 6.45) is 3.00. The van der Waals surface area contributed by atoms with Crippen LogP contribution >= 0.6 is 0 Å². The van der Waals surface area contributed by atoms with Crippen LogP contribution in [0.2, 0.25) is 0 Å². The highest BCUT2D eigenvalue weighted by molar-refractivity contribution is 5.87. The average Bonchev–Trinajstić information content (AvgIpc) is 2.87. The molecule has 0 N–H and O–H groups in total. The number of ether oxygens (including phenoxy) is 4. The molecule has 0 unspecified atom stereocenters. The Kier molecular flexibility index (Phi) is 12.5. The molecule has 8 heteroatoms. The SMILES string of the molecule is C=C(C)C(=O)OCCCCOc1ccc(N=Nc2ccc(OCCCCOC(=O)C(=C)C)cc2)cc1. The van der Waals surface area contributed by atoms with Crippen LogP contribution < -0.4 is 9.47 Å². The van der Waals surface area contributed by atoms with Gasteiger partial charge in [0, 0.05) is 11.1 Å². The second kappa shape index (κ2) is 15.9. The van der Waals surface area contributed by atoms with Gasteiger partial charge in [-0.3, -0.25) is 0 Å². The average molecular weight is 495 g/mol. The second-order valence-corrected chi connectivity index (χ2v) is 8.13. The summed E-state index contributed by atoms with van der Waals surface area (Å²) < 4.78 is 21.5. The first kappa shape index (κ1) is 28.3. The van der Waals surface area contributed by atoms with E-state index in [4.69, 9.17) is 18.9 Å². The maximum Gasteiger partial charge on any atom is 0.333 e. The van der Waals surface area contributed by atoms with Crippen molar-refractivity contribution in [3.63, 3.8) is 0 Å². The topological polar surface area (TPSA) is 95.8 Å². The molecule has 36 heavy (non-hydrogen) atoms. The number of nitrogens with zero attached hydrogens (tertiary/aromatic N) is 2. The number of azo groups is 1. The third kappa shape index (κ3) is 11.5. The van der Waals surface area contributed by atoms with Gasteiger partial charge in [0.25, 0.3) is 0 Å². The van der Waals surface area contributed by atoms with E-state index < -0.39 is 0 Å². The van der Waals surface area contributed by atoms with Crippen molar-refractivity contribution in [2.75, 3.05) is 26.4 Å². The molecule has 0 spiro atoms. The monoisotopic (exact) mass is 494 g/mol. The lowest BCUT2D eigenvalue weighted by Crippen LogP contribution is -2.07. The third-order valence-electron chi connectivity index (χ3n) is 4.73. The Bertz CT molecular complexity index is 946. The molecule has 0 bridgehead atoms. The molecule has 192 valence electrons. The van der Waals surface area contributed by atoms with Gasteiger partial charge in [-0.25, -0.2) is 9.59 Å². The van der Waals surface area contributed by atoms with Crippen molar-refractivity contribution in [2.45, 2.75) is 39.5 Å². The van der Waals surface area contributed by atoms with Gasteiger partial charge in [-0.05, 0) is 88.1 Å². The highest BCUT2D eigenvalue weighted by Gasteiger charge is 2.03. The number of carbonyl (C=O) groups excluding carboxylic acids is 2. The Morgan fingerprint density at radius 2 is 0.944 bits per heavy atom. The van der Waals surface area contributed by atoms with E-state index >= 15 is 0 Å². The number of hydrogen-bond acceptors (Lipinski definition) is 8. The molecule has 0 aliphatic heterocycles. The summed E-state index contributed by atoms with van der Waals surface area (Å²) in [5.41, 5.74) is 2.22. The minimum absolute atomic E-state index is 0.357. The fourth-order valence-corrected chi connectivity index (χ4v) is 2.70. The first-order valence-electron chi connectivity index (χ1n) is 11.9. The lowest BCUT2D eigenvalue weighted by atomic mass is 10.3. The zero-order valence-electron chi connectivity index (χ0n) is 21.0. The molecule has 0 radical (unpaired) electrons. The van der Waals surface area contributed by atoms with Crippen LogP contribution in [0.3, 0.4) is 0 Å². The molecule has 8 nitrogen and oxygen atoms in total. The largest absolute Gasteiger partial charge is 0.494 e. The molecule has 0 saturated heterocycles. The zero-order valence-corrected chi connectivity index (χ0v) is 21.0. The minimum atomic E-state index is -0.364. The van der Waals surface area contributed by atoms with E-state index in [1.165, 1.54) is 0 Å². The van der Waals surface area contributed by atoms with Crippen LogP contribution in [0.4, 0.5) is 11.4 Å². The maximum absolute atomic E-state index is 11.3. The summed E-state index contributed by atoms with van der Waals surface area (Å²) >= 11 is 0. The summed E-state index contributed by atoms with van der Waals surface area (Å²) in [7, 11) is 0. The number of benzene rings is 2. The normalized spacial score (nSPS) is 10.6. The van der Waals surface area contributed by atoms with Crippen molar-refractivity contribution in [1.82, 2.24) is 0 Å². The smallest absolute Gasteiger partial charge is 0.333 e. The van der Waals surface area contributed by atoms with Gasteiger partial charge in [0.15, 0.2) is 0 Å². The Hall–Kier alpha value is -3.94. The van der Waals surface area contributed by atoms with Crippen molar-refractivity contribution < 1.29 is 28.5 Å². The van der Waals surface area contributed by atoms with Crippen molar-refractivity contribution >= 4 is 23.3 Å². The summed E-state index contributed by atoms with van der Waals surface area (Å²) in [4.78, 5) is 22.6. The van der Waals surface area contributed by atoms with E-state index in [1.54, 1.807) is 13.8 Å². The van der Waals surface area contributed by atoms with Gasteiger partial charge in [0.2, 0.25) is 0 Å². The minimum Gasteiger partial charge on any atom is -0.494 e. The highest BCUT2D eigenvalue weighted by Crippen LogP contribution is 2.23. The Balaban J connectivity index is 1.64. The number of hydrogen-bond donors (Lipinski definition) is 0. The fourth-order valence-electron chi connectivity index (χ4n) is 2.70. The lowest BCUT2D eigenvalue weighted by molar-refractivity contribution is -0.139.